The van der Waals surface area contributed by atoms with E-state index >= 15 is 0 Å². The summed E-state index contributed by atoms with van der Waals surface area (Å²) in [6, 6.07) is 5.75. The molecule has 1 aromatic heterocycles. The molecule has 2 aromatic rings. The van der Waals surface area contributed by atoms with Gasteiger partial charge < -0.3 is 9.88 Å². The molecule has 1 aliphatic rings. The van der Waals surface area contributed by atoms with Crippen molar-refractivity contribution in [3.8, 4) is 0 Å². The number of aromatic amines is 1. The van der Waals surface area contributed by atoms with Crippen molar-refractivity contribution < 1.29 is 4.79 Å². The van der Waals surface area contributed by atoms with Gasteiger partial charge in [0.15, 0.2) is 5.78 Å². The number of hydrogen-bond acceptors (Lipinski definition) is 3. The van der Waals surface area contributed by atoms with Gasteiger partial charge in [0, 0.05) is 47.5 Å². The molecule has 0 spiro atoms. The summed E-state index contributed by atoms with van der Waals surface area (Å²) in [7, 11) is 2.10. The Balaban J connectivity index is 1.75. The summed E-state index contributed by atoms with van der Waals surface area (Å²) in [6.45, 7) is 8.89. The number of benzene rings is 1. The molecule has 1 aliphatic carbocycles. The molecule has 1 heterocycles. The van der Waals surface area contributed by atoms with Gasteiger partial charge in [-0.1, -0.05) is 31.4 Å². The predicted octanol–water partition coefficient (Wildman–Crippen LogP) is 6.03. The van der Waals surface area contributed by atoms with Gasteiger partial charge in [-0.3, -0.25) is 9.59 Å². The third kappa shape index (κ3) is 5.79. The molecule has 0 amide bonds. The molecule has 1 unspecified atom stereocenters. The first kappa shape index (κ1) is 23.6. The van der Waals surface area contributed by atoms with Crippen molar-refractivity contribution in [2.75, 3.05) is 18.5 Å². The minimum absolute atomic E-state index is 0.0495. The fourth-order valence-electron chi connectivity index (χ4n) is 5.01. The first-order valence-corrected chi connectivity index (χ1v) is 11.8. The molecule has 168 valence electrons. The number of hydrogen-bond donors (Lipinski definition) is 1. The van der Waals surface area contributed by atoms with E-state index in [1.807, 2.05) is 39.8 Å². The highest BCUT2D eigenvalue weighted by molar-refractivity contribution is 6.31. The van der Waals surface area contributed by atoms with Crippen LogP contribution in [0.4, 0.5) is 5.69 Å². The molecule has 0 aliphatic heterocycles. The van der Waals surface area contributed by atoms with Crippen LogP contribution in [0.3, 0.4) is 0 Å². The lowest BCUT2D eigenvalue weighted by Gasteiger charge is -2.26. The van der Waals surface area contributed by atoms with Crippen LogP contribution >= 0.6 is 11.6 Å². The Labute approximate surface area is 191 Å². The Kier molecular flexibility index (Phi) is 7.64. The lowest BCUT2D eigenvalue weighted by Crippen LogP contribution is -2.25. The van der Waals surface area contributed by atoms with Gasteiger partial charge in [0.25, 0.3) is 5.56 Å². The zero-order valence-corrected chi connectivity index (χ0v) is 20.2. The van der Waals surface area contributed by atoms with Gasteiger partial charge in [-0.05, 0) is 81.2 Å². The first-order chi connectivity index (χ1) is 14.7. The quantitative estimate of drug-likeness (QED) is 0.507. The maximum Gasteiger partial charge on any atom is 0.251 e. The van der Waals surface area contributed by atoms with E-state index in [0.717, 1.165) is 40.5 Å². The molecule has 1 aromatic carbocycles. The molecule has 1 saturated carbocycles. The van der Waals surface area contributed by atoms with E-state index < -0.39 is 0 Å². The van der Waals surface area contributed by atoms with E-state index in [2.05, 4.69) is 16.9 Å². The molecule has 31 heavy (non-hydrogen) atoms. The predicted molar refractivity (Wildman–Crippen MR) is 130 cm³/mol. The number of aromatic nitrogens is 1. The van der Waals surface area contributed by atoms with Crippen LogP contribution in [-0.4, -0.2) is 24.4 Å². The van der Waals surface area contributed by atoms with Crippen LogP contribution in [0.2, 0.25) is 5.02 Å². The largest absolute Gasteiger partial charge is 0.374 e. The summed E-state index contributed by atoms with van der Waals surface area (Å²) < 4.78 is 0. The molecule has 3 rings (SSSR count). The summed E-state index contributed by atoms with van der Waals surface area (Å²) in [5.74, 6) is 0.871. The van der Waals surface area contributed by atoms with Gasteiger partial charge in [0.1, 0.15) is 0 Å². The number of pyridine rings is 1. The smallest absolute Gasteiger partial charge is 0.251 e. The number of halogens is 1. The lowest BCUT2D eigenvalue weighted by molar-refractivity contribution is 0.0964. The number of Topliss-reactive ketones (excluding diaryl/α,β-unsaturated/α-hetero) is 1. The Bertz CT molecular complexity index is 1010. The summed E-state index contributed by atoms with van der Waals surface area (Å²) in [5.41, 5.74) is 5.29. The SMILES string of the molecule is Cc1cc(C)c(CC(C)CC(=O)c2cc(Cl)cc(N(C)CC3CCCC3)c2C)c(=O)[nH]1. The van der Waals surface area contributed by atoms with E-state index in [0.29, 0.717) is 23.4 Å². The van der Waals surface area contributed by atoms with Crippen LogP contribution < -0.4 is 10.5 Å². The summed E-state index contributed by atoms with van der Waals surface area (Å²) in [5, 5.41) is 0.598. The molecule has 4 nitrogen and oxygen atoms in total. The van der Waals surface area contributed by atoms with Crippen molar-refractivity contribution in [3.05, 3.63) is 61.5 Å². The van der Waals surface area contributed by atoms with Gasteiger partial charge >= 0.3 is 0 Å². The fraction of sp³-hybridized carbons (Fsp3) is 0.538. The van der Waals surface area contributed by atoms with Gasteiger partial charge in [-0.2, -0.15) is 0 Å². The third-order valence-corrected chi connectivity index (χ3v) is 6.86. The monoisotopic (exact) mass is 442 g/mol. The van der Waals surface area contributed by atoms with Crippen LogP contribution in [0.25, 0.3) is 0 Å². The van der Waals surface area contributed by atoms with Crippen LogP contribution in [0.1, 0.15) is 71.8 Å². The second-order valence-corrected chi connectivity index (χ2v) is 9.94. The van der Waals surface area contributed by atoms with E-state index in [1.54, 1.807) is 6.07 Å². The minimum atomic E-state index is -0.0495. The van der Waals surface area contributed by atoms with E-state index in [1.165, 1.54) is 25.7 Å². The highest BCUT2D eigenvalue weighted by atomic mass is 35.5. The van der Waals surface area contributed by atoms with E-state index in [4.69, 9.17) is 11.6 Å². The number of ketones is 1. The molecule has 5 heteroatoms. The molecule has 0 radical (unpaired) electrons. The zero-order valence-electron chi connectivity index (χ0n) is 19.5. The van der Waals surface area contributed by atoms with E-state index in [-0.39, 0.29) is 17.3 Å². The molecule has 0 saturated heterocycles. The van der Waals surface area contributed by atoms with Gasteiger partial charge in [0.2, 0.25) is 0 Å². The van der Waals surface area contributed by atoms with Crippen LogP contribution in [0.5, 0.6) is 0 Å². The molecule has 1 N–H and O–H groups in total. The summed E-state index contributed by atoms with van der Waals surface area (Å²) in [6.07, 6.45) is 6.17. The maximum atomic E-state index is 13.2. The number of rotatable bonds is 8. The second kappa shape index (κ2) is 10.0. The van der Waals surface area contributed by atoms with Crippen molar-refractivity contribution in [1.29, 1.82) is 0 Å². The molecule has 1 atom stereocenters. The minimum Gasteiger partial charge on any atom is -0.374 e. The maximum absolute atomic E-state index is 13.2. The standard InChI is InChI=1S/C26H35ClN2O2/c1-16(10-22-17(2)12-18(3)28-26(22)31)11-25(30)23-13-21(27)14-24(19(23)4)29(5)15-20-8-6-7-9-20/h12-14,16,20H,6-11,15H2,1-5H3,(H,28,31). The van der Waals surface area contributed by atoms with Crippen LogP contribution in [0, 0.1) is 32.6 Å². The normalized spacial score (nSPS) is 15.3. The number of nitrogens with one attached hydrogen (secondary N) is 1. The van der Waals surface area contributed by atoms with Gasteiger partial charge in [0.05, 0.1) is 0 Å². The van der Waals surface area contributed by atoms with Crippen molar-refractivity contribution in [2.24, 2.45) is 11.8 Å². The van der Waals surface area contributed by atoms with Gasteiger partial charge in [-0.25, -0.2) is 0 Å². The average molecular weight is 443 g/mol. The highest BCUT2D eigenvalue weighted by Crippen LogP contribution is 2.32. The average Bonchev–Trinajstić information content (AvgIpc) is 3.19. The van der Waals surface area contributed by atoms with Crippen molar-refractivity contribution in [1.82, 2.24) is 4.98 Å². The molecule has 0 bridgehead atoms. The number of carbonyl (C=O) groups is 1. The Morgan fingerprint density at radius 2 is 1.87 bits per heavy atom. The summed E-state index contributed by atoms with van der Waals surface area (Å²) >= 11 is 6.43. The Morgan fingerprint density at radius 3 is 2.52 bits per heavy atom. The highest BCUT2D eigenvalue weighted by Gasteiger charge is 2.22. The number of nitrogens with zero attached hydrogens (tertiary/aromatic N) is 1. The summed E-state index contributed by atoms with van der Waals surface area (Å²) in [4.78, 5) is 30.7. The van der Waals surface area contributed by atoms with Crippen molar-refractivity contribution >= 4 is 23.1 Å². The molecular weight excluding hydrogens is 408 g/mol. The third-order valence-electron chi connectivity index (χ3n) is 6.64. The fourth-order valence-corrected chi connectivity index (χ4v) is 5.22. The first-order valence-electron chi connectivity index (χ1n) is 11.4. The number of anilines is 1. The topological polar surface area (TPSA) is 53.2 Å². The number of aryl methyl sites for hydroxylation is 2. The number of H-pyrrole nitrogens is 1. The molecular formula is C26H35ClN2O2. The lowest BCUT2D eigenvalue weighted by atomic mass is 9.90. The Morgan fingerprint density at radius 1 is 1.19 bits per heavy atom. The zero-order chi connectivity index (χ0) is 22.7. The van der Waals surface area contributed by atoms with Crippen molar-refractivity contribution in [2.45, 2.75) is 66.2 Å². The van der Waals surface area contributed by atoms with Crippen molar-refractivity contribution in [3.63, 3.8) is 0 Å². The number of carbonyl (C=O) groups excluding carboxylic acids is 1. The molecule has 1 fully saturated rings. The van der Waals surface area contributed by atoms with Crippen LogP contribution in [0.15, 0.2) is 23.0 Å². The Hall–Kier alpha value is -2.07. The van der Waals surface area contributed by atoms with E-state index in [9.17, 15) is 9.59 Å². The van der Waals surface area contributed by atoms with Crippen LogP contribution in [-0.2, 0) is 6.42 Å². The van der Waals surface area contributed by atoms with Gasteiger partial charge in [-0.15, -0.1) is 0 Å². The second-order valence-electron chi connectivity index (χ2n) is 9.51.